The van der Waals surface area contributed by atoms with Crippen LogP contribution in [0.25, 0.3) is 0 Å². The number of rotatable bonds is 2. The molecule has 3 nitrogen and oxygen atoms in total. The summed E-state index contributed by atoms with van der Waals surface area (Å²) in [4.78, 5) is 15.5. The summed E-state index contributed by atoms with van der Waals surface area (Å²) in [6.07, 6.45) is 0. The lowest BCUT2D eigenvalue weighted by molar-refractivity contribution is 0.0533. The van der Waals surface area contributed by atoms with E-state index in [0.717, 1.165) is 6.07 Å². The van der Waals surface area contributed by atoms with Crippen LogP contribution in [0.2, 0.25) is 0 Å². The highest BCUT2D eigenvalue weighted by molar-refractivity contribution is 5.93. The van der Waals surface area contributed by atoms with Gasteiger partial charge in [-0.1, -0.05) is 0 Å². The van der Waals surface area contributed by atoms with E-state index in [1.54, 1.807) is 0 Å². The third-order valence-electron chi connectivity index (χ3n) is 1.69. The van der Waals surface area contributed by atoms with Crippen LogP contribution in [0.4, 0.5) is 8.78 Å². The Kier molecular flexibility index (Phi) is 3.14. The van der Waals surface area contributed by atoms with E-state index >= 15 is 0 Å². The molecule has 0 unspecified atom stereocenters. The highest BCUT2D eigenvalue weighted by Crippen LogP contribution is 2.13. The monoisotopic (exact) mass is 201 g/mol. The van der Waals surface area contributed by atoms with Gasteiger partial charge in [-0.05, 0) is 18.6 Å². The third-order valence-corrected chi connectivity index (χ3v) is 1.69. The van der Waals surface area contributed by atoms with Crippen LogP contribution in [0.15, 0.2) is 12.1 Å². The molecule has 0 bridgehead atoms. The minimum Gasteiger partial charge on any atom is -0.277 e. The summed E-state index contributed by atoms with van der Waals surface area (Å²) in [6, 6.07) is 1.79. The first-order chi connectivity index (χ1) is 6.56. The molecule has 0 atom stereocenters. The van der Waals surface area contributed by atoms with Gasteiger partial charge in [0.25, 0.3) is 5.91 Å². The first-order valence-corrected chi connectivity index (χ1v) is 3.85. The SMILES string of the molecule is CONC(=O)c1cc(C)c(F)cc1F. The van der Waals surface area contributed by atoms with E-state index in [1.807, 2.05) is 5.48 Å². The second kappa shape index (κ2) is 4.15. The van der Waals surface area contributed by atoms with Crippen LogP contribution in [0.5, 0.6) is 0 Å². The molecule has 0 aromatic heterocycles. The number of carbonyl (C=O) groups is 1. The zero-order valence-corrected chi connectivity index (χ0v) is 7.73. The molecular weight excluding hydrogens is 192 g/mol. The number of carbonyl (C=O) groups excluding carboxylic acids is 1. The summed E-state index contributed by atoms with van der Waals surface area (Å²) < 4.78 is 25.9. The lowest BCUT2D eigenvalue weighted by Gasteiger charge is -2.04. The highest BCUT2D eigenvalue weighted by atomic mass is 19.1. The molecule has 1 aromatic carbocycles. The molecule has 5 heteroatoms. The predicted molar refractivity (Wildman–Crippen MR) is 45.6 cm³/mol. The quantitative estimate of drug-likeness (QED) is 0.737. The Hall–Kier alpha value is -1.49. The Morgan fingerprint density at radius 3 is 2.57 bits per heavy atom. The number of hydroxylamine groups is 1. The minimum absolute atomic E-state index is 0.202. The maximum atomic E-state index is 13.0. The predicted octanol–water partition coefficient (Wildman–Crippen LogP) is 1.56. The van der Waals surface area contributed by atoms with Gasteiger partial charge < -0.3 is 0 Å². The van der Waals surface area contributed by atoms with E-state index in [1.165, 1.54) is 14.0 Å². The summed E-state index contributed by atoms with van der Waals surface area (Å²) in [5.74, 6) is -2.34. The maximum Gasteiger partial charge on any atom is 0.277 e. The lowest BCUT2D eigenvalue weighted by Crippen LogP contribution is -2.23. The molecule has 14 heavy (non-hydrogen) atoms. The fourth-order valence-corrected chi connectivity index (χ4v) is 0.979. The van der Waals surface area contributed by atoms with E-state index in [-0.39, 0.29) is 11.1 Å². The van der Waals surface area contributed by atoms with Crippen molar-refractivity contribution < 1.29 is 18.4 Å². The standard InChI is InChI=1S/C9H9F2NO2/c1-5-3-6(9(13)12-14-2)8(11)4-7(5)10/h3-4H,1-2H3,(H,12,13). The number of nitrogens with one attached hydrogen (secondary N) is 1. The van der Waals surface area contributed by atoms with Crippen LogP contribution in [-0.4, -0.2) is 13.0 Å². The number of halogens is 2. The zero-order chi connectivity index (χ0) is 10.7. The molecule has 0 fully saturated rings. The summed E-state index contributed by atoms with van der Waals surface area (Å²) in [6.45, 7) is 1.44. The Balaban J connectivity index is 3.09. The average molecular weight is 201 g/mol. The van der Waals surface area contributed by atoms with Gasteiger partial charge in [-0.2, -0.15) is 0 Å². The van der Waals surface area contributed by atoms with Gasteiger partial charge in [0.2, 0.25) is 0 Å². The molecular formula is C9H9F2NO2. The second-order valence-corrected chi connectivity index (χ2v) is 2.72. The van der Waals surface area contributed by atoms with Crippen LogP contribution >= 0.6 is 0 Å². The van der Waals surface area contributed by atoms with Crippen LogP contribution in [0.1, 0.15) is 15.9 Å². The minimum atomic E-state index is -0.914. The molecule has 1 N–H and O–H groups in total. The largest absolute Gasteiger partial charge is 0.277 e. The van der Waals surface area contributed by atoms with Gasteiger partial charge in [0, 0.05) is 6.07 Å². The number of hydrogen-bond donors (Lipinski definition) is 1. The van der Waals surface area contributed by atoms with Crippen molar-refractivity contribution >= 4 is 5.91 Å². The Morgan fingerprint density at radius 1 is 1.36 bits per heavy atom. The second-order valence-electron chi connectivity index (χ2n) is 2.72. The topological polar surface area (TPSA) is 38.3 Å². The van der Waals surface area contributed by atoms with Crippen molar-refractivity contribution in [3.63, 3.8) is 0 Å². The summed E-state index contributed by atoms with van der Waals surface area (Å²) in [7, 11) is 1.23. The van der Waals surface area contributed by atoms with Gasteiger partial charge in [0.15, 0.2) is 0 Å². The lowest BCUT2D eigenvalue weighted by atomic mass is 10.1. The number of benzene rings is 1. The molecule has 0 radical (unpaired) electrons. The van der Waals surface area contributed by atoms with Crippen LogP contribution in [0.3, 0.4) is 0 Å². The van der Waals surface area contributed by atoms with Crippen molar-refractivity contribution in [2.75, 3.05) is 7.11 Å². The van der Waals surface area contributed by atoms with Crippen LogP contribution in [-0.2, 0) is 4.84 Å². The first kappa shape index (κ1) is 10.6. The molecule has 0 aliphatic carbocycles. The Bertz CT molecular complexity index is 366. The summed E-state index contributed by atoms with van der Waals surface area (Å²) >= 11 is 0. The van der Waals surface area contributed by atoms with Crippen molar-refractivity contribution in [3.05, 3.63) is 34.9 Å². The number of hydrogen-bond acceptors (Lipinski definition) is 2. The van der Waals surface area contributed by atoms with Gasteiger partial charge in [0.05, 0.1) is 12.7 Å². The van der Waals surface area contributed by atoms with E-state index in [2.05, 4.69) is 4.84 Å². The average Bonchev–Trinajstić information content (AvgIpc) is 2.11. The van der Waals surface area contributed by atoms with E-state index in [4.69, 9.17) is 0 Å². The summed E-state index contributed by atoms with van der Waals surface area (Å²) in [5.41, 5.74) is 1.90. The van der Waals surface area contributed by atoms with Crippen molar-refractivity contribution in [1.29, 1.82) is 0 Å². The number of aryl methyl sites for hydroxylation is 1. The Morgan fingerprint density at radius 2 is 2.00 bits per heavy atom. The normalized spacial score (nSPS) is 10.0. The van der Waals surface area contributed by atoms with Crippen molar-refractivity contribution in [1.82, 2.24) is 5.48 Å². The van der Waals surface area contributed by atoms with Gasteiger partial charge in [-0.25, -0.2) is 14.3 Å². The van der Waals surface area contributed by atoms with Crippen LogP contribution in [0, 0.1) is 18.6 Å². The van der Waals surface area contributed by atoms with Gasteiger partial charge in [-0.3, -0.25) is 9.63 Å². The van der Waals surface area contributed by atoms with E-state index in [9.17, 15) is 13.6 Å². The van der Waals surface area contributed by atoms with Gasteiger partial charge in [0.1, 0.15) is 11.6 Å². The molecule has 0 spiro atoms. The molecule has 0 saturated carbocycles. The van der Waals surface area contributed by atoms with E-state index < -0.39 is 17.5 Å². The Labute approximate surface area is 79.6 Å². The molecule has 1 rings (SSSR count). The maximum absolute atomic E-state index is 13.0. The van der Waals surface area contributed by atoms with Crippen molar-refractivity contribution in [2.24, 2.45) is 0 Å². The fraction of sp³-hybridized carbons (Fsp3) is 0.222. The molecule has 0 aliphatic rings. The first-order valence-electron chi connectivity index (χ1n) is 3.85. The zero-order valence-electron chi connectivity index (χ0n) is 7.73. The third kappa shape index (κ3) is 2.05. The molecule has 0 aliphatic heterocycles. The molecule has 76 valence electrons. The van der Waals surface area contributed by atoms with Crippen LogP contribution < -0.4 is 5.48 Å². The van der Waals surface area contributed by atoms with E-state index in [0.29, 0.717) is 6.07 Å². The molecule has 0 heterocycles. The molecule has 1 amide bonds. The fourth-order valence-electron chi connectivity index (χ4n) is 0.979. The highest BCUT2D eigenvalue weighted by Gasteiger charge is 2.13. The number of amides is 1. The van der Waals surface area contributed by atoms with Crippen molar-refractivity contribution in [2.45, 2.75) is 6.92 Å². The molecule has 1 aromatic rings. The molecule has 0 saturated heterocycles. The smallest absolute Gasteiger partial charge is 0.277 e. The summed E-state index contributed by atoms with van der Waals surface area (Å²) in [5, 5.41) is 0. The van der Waals surface area contributed by atoms with Crippen molar-refractivity contribution in [3.8, 4) is 0 Å². The van der Waals surface area contributed by atoms with Gasteiger partial charge >= 0.3 is 0 Å². The van der Waals surface area contributed by atoms with Gasteiger partial charge in [-0.15, -0.1) is 0 Å².